The molecule has 0 radical (unpaired) electrons. The second-order valence-electron chi connectivity index (χ2n) is 2.85. The maximum Gasteiger partial charge on any atom is 0.0498 e. The molecule has 0 N–H and O–H groups in total. The molecule has 14 heavy (non-hydrogen) atoms. The molecule has 0 aliphatic rings. The van der Waals surface area contributed by atoms with Gasteiger partial charge in [0.05, 0.1) is 0 Å². The van der Waals surface area contributed by atoms with Crippen molar-refractivity contribution in [2.24, 2.45) is 0 Å². The molecule has 1 atom stereocenters. The Hall–Kier alpha value is -0.630. The summed E-state index contributed by atoms with van der Waals surface area (Å²) >= 11 is 0. The van der Waals surface area contributed by atoms with Gasteiger partial charge in [-0.1, -0.05) is 39.3 Å². The summed E-state index contributed by atoms with van der Waals surface area (Å²) in [6.45, 7) is 6.16. The Morgan fingerprint density at radius 1 is 1.14 bits per heavy atom. The minimum atomic E-state index is -0.841. The average Bonchev–Trinajstić information content (AvgIpc) is 2.22. The van der Waals surface area contributed by atoms with Crippen LogP contribution in [0.25, 0.3) is 0 Å². The van der Waals surface area contributed by atoms with Crippen molar-refractivity contribution in [1.29, 1.82) is 0 Å². The van der Waals surface area contributed by atoms with Crippen LogP contribution in [-0.4, -0.2) is 10.5 Å². The zero-order valence-corrected chi connectivity index (χ0v) is 10.4. The van der Waals surface area contributed by atoms with Gasteiger partial charge in [-0.05, 0) is 24.1 Å². The van der Waals surface area contributed by atoms with Gasteiger partial charge in [-0.25, -0.2) is 0 Å². The monoisotopic (exact) mass is 212 g/mol. The molecule has 0 saturated carbocycles. The quantitative estimate of drug-likeness (QED) is 0.750. The van der Waals surface area contributed by atoms with Gasteiger partial charge in [0.15, 0.2) is 0 Å². The number of hydrogen-bond acceptors (Lipinski definition) is 1. The summed E-state index contributed by atoms with van der Waals surface area (Å²) in [4.78, 5) is 0.912. The maximum absolute atomic E-state index is 11.0. The standard InChI is InChI=1S/C10H14OS.C2H6/c1-3-4-9-5-7-10(8-6-9)12(2)11;1-2/h5-8H,3-4H2,1-2H3;1-2H3. The molecule has 0 aromatic heterocycles. The van der Waals surface area contributed by atoms with Gasteiger partial charge in [-0.2, -0.15) is 0 Å². The van der Waals surface area contributed by atoms with E-state index in [9.17, 15) is 4.21 Å². The Morgan fingerprint density at radius 2 is 1.64 bits per heavy atom. The Balaban J connectivity index is 0.000000791. The molecular weight excluding hydrogens is 192 g/mol. The van der Waals surface area contributed by atoms with E-state index in [1.165, 1.54) is 5.56 Å². The summed E-state index contributed by atoms with van der Waals surface area (Å²) in [5.41, 5.74) is 1.33. The molecule has 1 rings (SSSR count). The average molecular weight is 212 g/mol. The summed E-state index contributed by atoms with van der Waals surface area (Å²) < 4.78 is 11.0. The molecule has 1 unspecified atom stereocenters. The van der Waals surface area contributed by atoms with Crippen LogP contribution in [0.3, 0.4) is 0 Å². The van der Waals surface area contributed by atoms with Crippen LogP contribution in [-0.2, 0) is 17.2 Å². The normalized spacial score (nSPS) is 11.4. The van der Waals surface area contributed by atoms with E-state index in [1.54, 1.807) is 6.26 Å². The molecule has 0 amide bonds. The highest BCUT2D eigenvalue weighted by molar-refractivity contribution is 7.84. The Labute approximate surface area is 90.0 Å². The van der Waals surface area contributed by atoms with Gasteiger partial charge in [-0.3, -0.25) is 4.21 Å². The maximum atomic E-state index is 11.0. The van der Waals surface area contributed by atoms with Crippen molar-refractivity contribution in [3.63, 3.8) is 0 Å². The van der Waals surface area contributed by atoms with Gasteiger partial charge in [-0.15, -0.1) is 0 Å². The van der Waals surface area contributed by atoms with Crippen LogP contribution >= 0.6 is 0 Å². The summed E-state index contributed by atoms with van der Waals surface area (Å²) in [6, 6.07) is 8.00. The third kappa shape index (κ3) is 4.56. The van der Waals surface area contributed by atoms with Crippen molar-refractivity contribution >= 4 is 10.8 Å². The fourth-order valence-corrected chi connectivity index (χ4v) is 1.66. The highest BCUT2D eigenvalue weighted by atomic mass is 32.2. The molecule has 2 heteroatoms. The lowest BCUT2D eigenvalue weighted by Crippen LogP contribution is -1.88. The summed E-state index contributed by atoms with van der Waals surface area (Å²) in [5.74, 6) is 0. The molecule has 0 heterocycles. The smallest absolute Gasteiger partial charge is 0.0498 e. The number of hydrogen-bond donors (Lipinski definition) is 0. The van der Waals surface area contributed by atoms with Crippen LogP contribution in [0.2, 0.25) is 0 Å². The van der Waals surface area contributed by atoms with Crippen LogP contribution in [0.5, 0.6) is 0 Å². The van der Waals surface area contributed by atoms with Crippen LogP contribution in [0, 0.1) is 0 Å². The van der Waals surface area contributed by atoms with E-state index in [1.807, 2.05) is 26.0 Å². The third-order valence-electron chi connectivity index (χ3n) is 1.79. The lowest BCUT2D eigenvalue weighted by molar-refractivity contribution is 0.687. The van der Waals surface area contributed by atoms with Crippen molar-refractivity contribution in [3.8, 4) is 0 Å². The van der Waals surface area contributed by atoms with E-state index >= 15 is 0 Å². The van der Waals surface area contributed by atoms with Crippen molar-refractivity contribution < 1.29 is 4.21 Å². The van der Waals surface area contributed by atoms with Crippen molar-refractivity contribution in [2.45, 2.75) is 38.5 Å². The number of rotatable bonds is 3. The zero-order valence-electron chi connectivity index (χ0n) is 9.54. The van der Waals surface area contributed by atoms with Crippen LogP contribution in [0.15, 0.2) is 29.2 Å². The molecular formula is C12H20OS. The van der Waals surface area contributed by atoms with E-state index < -0.39 is 10.8 Å². The largest absolute Gasteiger partial charge is 0.255 e. The zero-order chi connectivity index (χ0) is 11.0. The van der Waals surface area contributed by atoms with Gasteiger partial charge in [0.2, 0.25) is 0 Å². The summed E-state index contributed by atoms with van der Waals surface area (Å²) in [7, 11) is -0.841. The first kappa shape index (κ1) is 13.4. The van der Waals surface area contributed by atoms with E-state index in [2.05, 4.69) is 19.1 Å². The molecule has 0 aliphatic carbocycles. The van der Waals surface area contributed by atoms with E-state index in [0.29, 0.717) is 0 Å². The second kappa shape index (κ2) is 7.74. The fourth-order valence-electron chi connectivity index (χ4n) is 1.14. The molecule has 0 aliphatic heterocycles. The molecule has 80 valence electrons. The topological polar surface area (TPSA) is 17.1 Å². The first-order chi connectivity index (χ1) is 6.74. The van der Waals surface area contributed by atoms with Crippen molar-refractivity contribution in [1.82, 2.24) is 0 Å². The SMILES string of the molecule is CC.CCCc1ccc(S(C)=O)cc1. The van der Waals surface area contributed by atoms with Crippen LogP contribution in [0.1, 0.15) is 32.8 Å². The van der Waals surface area contributed by atoms with Gasteiger partial charge >= 0.3 is 0 Å². The van der Waals surface area contributed by atoms with Gasteiger partial charge in [0.25, 0.3) is 0 Å². The first-order valence-corrected chi connectivity index (χ1v) is 6.72. The summed E-state index contributed by atoms with van der Waals surface area (Å²) in [5, 5.41) is 0. The minimum Gasteiger partial charge on any atom is -0.255 e. The highest BCUT2D eigenvalue weighted by Gasteiger charge is 1.96. The second-order valence-corrected chi connectivity index (χ2v) is 4.23. The molecule has 0 fully saturated rings. The minimum absolute atomic E-state index is 0.841. The fraction of sp³-hybridized carbons (Fsp3) is 0.500. The molecule has 1 nitrogen and oxygen atoms in total. The Morgan fingerprint density at radius 3 is 2.00 bits per heavy atom. The predicted octanol–water partition coefficient (Wildman–Crippen LogP) is 3.40. The lowest BCUT2D eigenvalue weighted by atomic mass is 10.1. The van der Waals surface area contributed by atoms with Crippen molar-refractivity contribution in [2.75, 3.05) is 6.26 Å². The lowest BCUT2D eigenvalue weighted by Gasteiger charge is -1.99. The van der Waals surface area contributed by atoms with Crippen LogP contribution < -0.4 is 0 Å². The highest BCUT2D eigenvalue weighted by Crippen LogP contribution is 2.08. The molecule has 0 saturated heterocycles. The number of aryl methyl sites for hydroxylation is 1. The van der Waals surface area contributed by atoms with E-state index in [-0.39, 0.29) is 0 Å². The first-order valence-electron chi connectivity index (χ1n) is 5.16. The summed E-state index contributed by atoms with van der Waals surface area (Å²) in [6.07, 6.45) is 3.97. The Bertz CT molecular complexity index is 264. The van der Waals surface area contributed by atoms with Crippen LogP contribution in [0.4, 0.5) is 0 Å². The predicted molar refractivity (Wildman–Crippen MR) is 64.1 cm³/mol. The van der Waals surface area contributed by atoms with Gasteiger partial charge in [0.1, 0.15) is 0 Å². The molecule has 1 aromatic carbocycles. The van der Waals surface area contributed by atoms with E-state index in [4.69, 9.17) is 0 Å². The van der Waals surface area contributed by atoms with Gasteiger partial charge < -0.3 is 0 Å². The van der Waals surface area contributed by atoms with Crippen molar-refractivity contribution in [3.05, 3.63) is 29.8 Å². The molecule has 1 aromatic rings. The van der Waals surface area contributed by atoms with Gasteiger partial charge in [0, 0.05) is 22.0 Å². The number of benzene rings is 1. The van der Waals surface area contributed by atoms with E-state index in [0.717, 1.165) is 17.7 Å². The molecule has 0 bridgehead atoms. The molecule has 0 spiro atoms. The third-order valence-corrected chi connectivity index (χ3v) is 2.73. The Kier molecular flexibility index (Phi) is 7.40.